The van der Waals surface area contributed by atoms with Gasteiger partial charge in [0.2, 0.25) is 0 Å². The number of rotatable bonds is 4. The average molecular weight is 564 g/mol. The first-order valence-electron chi connectivity index (χ1n) is 14.8. The van der Waals surface area contributed by atoms with Crippen LogP contribution in [0.1, 0.15) is 0 Å². The summed E-state index contributed by atoms with van der Waals surface area (Å²) in [5, 5.41) is 3.34. The third-order valence-corrected chi connectivity index (χ3v) is 8.42. The lowest BCUT2D eigenvalue weighted by atomic mass is 10.0. The van der Waals surface area contributed by atoms with E-state index in [1.807, 2.05) is 24.3 Å². The molecule has 0 saturated carbocycles. The van der Waals surface area contributed by atoms with Crippen molar-refractivity contribution in [3.63, 3.8) is 0 Å². The van der Waals surface area contributed by atoms with Gasteiger partial charge in [-0.3, -0.25) is 0 Å². The maximum atomic E-state index is 6.66. The van der Waals surface area contributed by atoms with Crippen LogP contribution in [0.5, 0.6) is 0 Å². The Labute approximate surface area is 253 Å². The fourth-order valence-electron chi connectivity index (χ4n) is 6.39. The van der Waals surface area contributed by atoms with Crippen LogP contribution in [0.15, 0.2) is 156 Å². The Morgan fingerprint density at radius 1 is 0.477 bits per heavy atom. The predicted molar refractivity (Wildman–Crippen MR) is 180 cm³/mol. The van der Waals surface area contributed by atoms with Crippen LogP contribution in [0, 0.1) is 0 Å². The summed E-state index contributed by atoms with van der Waals surface area (Å²) < 4.78 is 9.00. The van der Waals surface area contributed by atoms with Gasteiger partial charge in [0.1, 0.15) is 16.8 Å². The lowest BCUT2D eigenvalue weighted by Gasteiger charge is -2.09. The number of nitrogens with zero attached hydrogens (tertiary/aromatic N) is 3. The smallest absolute Gasteiger partial charge is 0.180 e. The van der Waals surface area contributed by atoms with Crippen molar-refractivity contribution in [3.05, 3.63) is 152 Å². The van der Waals surface area contributed by atoms with Crippen LogP contribution in [0.25, 0.3) is 83.3 Å². The summed E-state index contributed by atoms with van der Waals surface area (Å²) in [5.41, 5.74) is 10.7. The van der Waals surface area contributed by atoms with Gasteiger partial charge in [-0.05, 0) is 41.5 Å². The van der Waals surface area contributed by atoms with Gasteiger partial charge in [-0.25, -0.2) is 9.97 Å². The first-order chi connectivity index (χ1) is 21.8. The molecule has 9 aromatic rings. The van der Waals surface area contributed by atoms with Crippen molar-refractivity contribution in [1.82, 2.24) is 14.5 Å². The van der Waals surface area contributed by atoms with E-state index >= 15 is 0 Å². The normalized spacial score (nSPS) is 11.6. The number of fused-ring (bicyclic) bond motifs is 7. The number of para-hydroxylation sites is 2. The van der Waals surface area contributed by atoms with E-state index < -0.39 is 0 Å². The van der Waals surface area contributed by atoms with Gasteiger partial charge < -0.3 is 8.98 Å². The molecule has 0 atom stereocenters. The lowest BCUT2D eigenvalue weighted by molar-refractivity contribution is 0.667. The van der Waals surface area contributed by atoms with Crippen molar-refractivity contribution >= 4 is 43.9 Å². The van der Waals surface area contributed by atoms with E-state index in [0.717, 1.165) is 61.0 Å². The highest BCUT2D eigenvalue weighted by atomic mass is 16.3. The Kier molecular flexibility index (Phi) is 5.47. The zero-order chi connectivity index (χ0) is 29.0. The summed E-state index contributed by atoms with van der Waals surface area (Å²) in [6.07, 6.45) is 0. The average Bonchev–Trinajstić information content (AvgIpc) is 3.65. The number of furan rings is 1. The summed E-state index contributed by atoms with van der Waals surface area (Å²) in [6.45, 7) is 0. The van der Waals surface area contributed by atoms with E-state index in [0.29, 0.717) is 11.4 Å². The van der Waals surface area contributed by atoms with Crippen LogP contribution in [0.2, 0.25) is 0 Å². The van der Waals surface area contributed by atoms with E-state index in [-0.39, 0.29) is 0 Å². The summed E-state index contributed by atoms with van der Waals surface area (Å²) >= 11 is 0. The molecule has 9 rings (SSSR count). The van der Waals surface area contributed by atoms with Crippen LogP contribution in [-0.2, 0) is 0 Å². The second-order valence-corrected chi connectivity index (χ2v) is 11.0. The molecule has 3 aromatic heterocycles. The molecule has 44 heavy (non-hydrogen) atoms. The fraction of sp³-hybridized carbons (Fsp3) is 0. The van der Waals surface area contributed by atoms with E-state index in [2.05, 4.69) is 132 Å². The second kappa shape index (κ2) is 9.79. The maximum Gasteiger partial charge on any atom is 0.180 e. The van der Waals surface area contributed by atoms with Gasteiger partial charge >= 0.3 is 0 Å². The summed E-state index contributed by atoms with van der Waals surface area (Å²) in [6, 6.07) is 52.5. The molecule has 0 aliphatic carbocycles. The molecule has 4 nitrogen and oxygen atoms in total. The minimum absolute atomic E-state index is 0.665. The molecule has 0 amide bonds. The van der Waals surface area contributed by atoms with E-state index in [9.17, 15) is 0 Å². The summed E-state index contributed by atoms with van der Waals surface area (Å²) in [7, 11) is 0. The molecule has 0 spiro atoms. The third-order valence-electron chi connectivity index (χ3n) is 8.42. The molecule has 6 aromatic carbocycles. The molecular formula is C40H25N3O. The molecule has 0 unspecified atom stereocenters. The topological polar surface area (TPSA) is 43.9 Å². The number of hydrogen-bond acceptors (Lipinski definition) is 3. The Hall–Kier alpha value is -6.00. The molecule has 0 aliphatic rings. The van der Waals surface area contributed by atoms with E-state index in [1.165, 1.54) is 10.9 Å². The summed E-state index contributed by atoms with van der Waals surface area (Å²) in [5.74, 6) is 0.665. The molecule has 0 fully saturated rings. The van der Waals surface area contributed by atoms with Crippen molar-refractivity contribution in [2.24, 2.45) is 0 Å². The number of hydrogen-bond donors (Lipinski definition) is 0. The number of aromatic nitrogens is 3. The van der Waals surface area contributed by atoms with Crippen LogP contribution in [0.3, 0.4) is 0 Å². The first-order valence-corrected chi connectivity index (χ1v) is 14.8. The van der Waals surface area contributed by atoms with Gasteiger partial charge in [0, 0.05) is 27.6 Å². The van der Waals surface area contributed by atoms with Crippen molar-refractivity contribution in [2.45, 2.75) is 0 Å². The van der Waals surface area contributed by atoms with Gasteiger partial charge in [-0.1, -0.05) is 121 Å². The van der Waals surface area contributed by atoms with Crippen molar-refractivity contribution < 1.29 is 4.42 Å². The Morgan fingerprint density at radius 3 is 1.84 bits per heavy atom. The van der Waals surface area contributed by atoms with Gasteiger partial charge in [0.05, 0.1) is 16.4 Å². The lowest BCUT2D eigenvalue weighted by Crippen LogP contribution is -1.95. The molecule has 206 valence electrons. The van der Waals surface area contributed by atoms with Gasteiger partial charge in [0.25, 0.3) is 0 Å². The highest BCUT2D eigenvalue weighted by Gasteiger charge is 2.23. The largest absolute Gasteiger partial charge is 0.452 e. The van der Waals surface area contributed by atoms with Gasteiger partial charge in [-0.15, -0.1) is 0 Å². The van der Waals surface area contributed by atoms with Gasteiger partial charge in [-0.2, -0.15) is 0 Å². The monoisotopic (exact) mass is 563 g/mol. The molecule has 4 heteroatoms. The van der Waals surface area contributed by atoms with Crippen molar-refractivity contribution in [3.8, 4) is 39.5 Å². The minimum Gasteiger partial charge on any atom is -0.452 e. The van der Waals surface area contributed by atoms with Crippen molar-refractivity contribution in [2.75, 3.05) is 0 Å². The Morgan fingerprint density at radius 2 is 1.09 bits per heavy atom. The van der Waals surface area contributed by atoms with Crippen LogP contribution in [-0.4, -0.2) is 14.5 Å². The highest BCUT2D eigenvalue weighted by molar-refractivity contribution is 6.24. The first kappa shape index (κ1) is 24.6. The highest BCUT2D eigenvalue weighted by Crippen LogP contribution is 2.42. The zero-order valence-corrected chi connectivity index (χ0v) is 23.7. The van der Waals surface area contributed by atoms with Crippen LogP contribution < -0.4 is 0 Å². The van der Waals surface area contributed by atoms with Crippen LogP contribution >= 0.6 is 0 Å². The standard InChI is InChI=1S/C40H25N3O/c1-4-12-26(13-5-1)27-20-22-29(23-21-27)40-41-36(28-14-6-2-7-15-28)39-37(42-40)35-34(44-39)25-24-32-31-18-10-11-19-33(31)43(38(32)35)30-16-8-3-9-17-30/h1-25H. The molecule has 0 aliphatic heterocycles. The quantitative estimate of drug-likeness (QED) is 0.214. The Balaban J connectivity index is 1.38. The molecule has 3 heterocycles. The second-order valence-electron chi connectivity index (χ2n) is 11.0. The summed E-state index contributed by atoms with van der Waals surface area (Å²) in [4.78, 5) is 10.4. The molecule has 0 saturated heterocycles. The predicted octanol–water partition coefficient (Wildman–Crippen LogP) is 10.5. The maximum absolute atomic E-state index is 6.66. The van der Waals surface area contributed by atoms with Crippen molar-refractivity contribution in [1.29, 1.82) is 0 Å². The number of benzene rings is 6. The van der Waals surface area contributed by atoms with E-state index in [1.54, 1.807) is 0 Å². The SMILES string of the molecule is c1ccc(-c2ccc(-c3nc(-c4ccccc4)c4oc5ccc6c7ccccc7n(-c7ccccc7)c6c5c4n3)cc2)cc1. The molecule has 0 N–H and O–H groups in total. The van der Waals surface area contributed by atoms with Crippen LogP contribution in [0.4, 0.5) is 0 Å². The van der Waals surface area contributed by atoms with Gasteiger partial charge in [0.15, 0.2) is 11.4 Å². The molecule has 0 bridgehead atoms. The fourth-order valence-corrected chi connectivity index (χ4v) is 6.39. The minimum atomic E-state index is 0.665. The molecular weight excluding hydrogens is 538 g/mol. The van der Waals surface area contributed by atoms with E-state index in [4.69, 9.17) is 14.4 Å². The zero-order valence-electron chi connectivity index (χ0n) is 23.7. The molecule has 0 radical (unpaired) electrons. The third kappa shape index (κ3) is 3.78. The Bertz CT molecular complexity index is 2460.